The van der Waals surface area contributed by atoms with Crippen molar-refractivity contribution < 1.29 is 8.42 Å². The zero-order valence-corrected chi connectivity index (χ0v) is 13.1. The van der Waals surface area contributed by atoms with Gasteiger partial charge in [0.1, 0.15) is 0 Å². The SMILES string of the molecule is CC(C)NCCCN(C)S(=O)(=O)NC1CCSC1. The average Bonchev–Trinajstić information content (AvgIpc) is 2.75. The van der Waals surface area contributed by atoms with Crippen LogP contribution in [-0.4, -0.2) is 56.4 Å². The molecule has 1 unspecified atom stereocenters. The van der Waals surface area contributed by atoms with Crippen LogP contribution in [0.15, 0.2) is 0 Å². The first kappa shape index (κ1) is 16.2. The molecule has 5 nitrogen and oxygen atoms in total. The molecule has 0 aromatic heterocycles. The van der Waals surface area contributed by atoms with E-state index in [1.54, 1.807) is 18.8 Å². The van der Waals surface area contributed by atoms with Crippen molar-refractivity contribution in [3.8, 4) is 0 Å². The fourth-order valence-corrected chi connectivity index (χ4v) is 4.17. The van der Waals surface area contributed by atoms with Gasteiger partial charge < -0.3 is 5.32 Å². The molecule has 0 aromatic carbocycles. The molecule has 0 aromatic rings. The maximum Gasteiger partial charge on any atom is 0.279 e. The first-order valence-electron chi connectivity index (χ1n) is 6.46. The zero-order chi connectivity index (χ0) is 13.6. The summed E-state index contributed by atoms with van der Waals surface area (Å²) in [6.45, 7) is 5.56. The molecule has 0 bridgehead atoms. The van der Waals surface area contributed by atoms with Crippen LogP contribution in [0.5, 0.6) is 0 Å². The lowest BCUT2D eigenvalue weighted by Crippen LogP contribution is -2.44. The number of hydrogen-bond donors (Lipinski definition) is 2. The van der Waals surface area contributed by atoms with E-state index in [0.717, 1.165) is 30.9 Å². The molecular weight excluding hydrogens is 270 g/mol. The van der Waals surface area contributed by atoms with Gasteiger partial charge in [-0.15, -0.1) is 0 Å². The summed E-state index contributed by atoms with van der Waals surface area (Å²) in [4.78, 5) is 0. The monoisotopic (exact) mass is 295 g/mol. The normalized spacial score (nSPS) is 21.1. The van der Waals surface area contributed by atoms with Crippen LogP contribution >= 0.6 is 11.8 Å². The molecule has 1 fully saturated rings. The lowest BCUT2D eigenvalue weighted by atomic mass is 10.3. The maximum absolute atomic E-state index is 12.0. The topological polar surface area (TPSA) is 61.4 Å². The summed E-state index contributed by atoms with van der Waals surface area (Å²) in [5.74, 6) is 1.94. The first-order valence-corrected chi connectivity index (χ1v) is 9.06. The van der Waals surface area contributed by atoms with Gasteiger partial charge in [-0.05, 0) is 25.1 Å². The quantitative estimate of drug-likeness (QED) is 0.645. The number of thioether (sulfide) groups is 1. The van der Waals surface area contributed by atoms with Gasteiger partial charge in [-0.2, -0.15) is 29.2 Å². The van der Waals surface area contributed by atoms with Gasteiger partial charge in [-0.3, -0.25) is 0 Å². The third-order valence-corrected chi connectivity index (χ3v) is 5.65. The smallest absolute Gasteiger partial charge is 0.279 e. The van der Waals surface area contributed by atoms with Gasteiger partial charge in [-0.25, -0.2) is 0 Å². The van der Waals surface area contributed by atoms with E-state index in [9.17, 15) is 8.42 Å². The lowest BCUT2D eigenvalue weighted by molar-refractivity contribution is 0.433. The highest BCUT2D eigenvalue weighted by Gasteiger charge is 2.24. The van der Waals surface area contributed by atoms with Crippen molar-refractivity contribution >= 4 is 22.0 Å². The summed E-state index contributed by atoms with van der Waals surface area (Å²) in [6.07, 6.45) is 1.77. The third-order valence-electron chi connectivity index (χ3n) is 2.86. The van der Waals surface area contributed by atoms with E-state index in [-0.39, 0.29) is 6.04 Å². The zero-order valence-electron chi connectivity index (χ0n) is 11.5. The van der Waals surface area contributed by atoms with Gasteiger partial charge in [0, 0.05) is 31.4 Å². The van der Waals surface area contributed by atoms with E-state index >= 15 is 0 Å². The Balaban J connectivity index is 2.27. The first-order chi connectivity index (χ1) is 8.42. The summed E-state index contributed by atoms with van der Waals surface area (Å²) in [5.41, 5.74) is 0. The Labute approximate surface area is 115 Å². The van der Waals surface area contributed by atoms with Crippen LogP contribution in [0, 0.1) is 0 Å². The molecular formula is C11H25N3O2S2. The van der Waals surface area contributed by atoms with E-state index in [1.807, 2.05) is 0 Å². The molecule has 1 saturated heterocycles. The Morgan fingerprint density at radius 1 is 1.44 bits per heavy atom. The highest BCUT2D eigenvalue weighted by atomic mass is 32.2. The van der Waals surface area contributed by atoms with Gasteiger partial charge in [0.2, 0.25) is 0 Å². The van der Waals surface area contributed by atoms with Crippen molar-refractivity contribution in [3.63, 3.8) is 0 Å². The molecule has 0 spiro atoms. The Morgan fingerprint density at radius 3 is 2.72 bits per heavy atom. The summed E-state index contributed by atoms with van der Waals surface area (Å²) < 4.78 is 28.2. The third kappa shape index (κ3) is 5.88. The summed E-state index contributed by atoms with van der Waals surface area (Å²) >= 11 is 1.80. The second kappa shape index (κ2) is 7.69. The molecule has 2 N–H and O–H groups in total. The number of nitrogens with zero attached hydrogens (tertiary/aromatic N) is 1. The molecule has 1 heterocycles. The maximum atomic E-state index is 12.0. The van der Waals surface area contributed by atoms with Crippen LogP contribution in [0.25, 0.3) is 0 Å². The molecule has 108 valence electrons. The van der Waals surface area contributed by atoms with Crippen molar-refractivity contribution in [3.05, 3.63) is 0 Å². The molecule has 0 radical (unpaired) electrons. The minimum absolute atomic E-state index is 0.108. The van der Waals surface area contributed by atoms with Crippen molar-refractivity contribution in [1.82, 2.24) is 14.3 Å². The van der Waals surface area contributed by atoms with Gasteiger partial charge in [0.25, 0.3) is 10.2 Å². The molecule has 1 aliphatic rings. The second-order valence-electron chi connectivity index (χ2n) is 4.97. The predicted molar refractivity (Wildman–Crippen MR) is 78.2 cm³/mol. The molecule has 18 heavy (non-hydrogen) atoms. The number of hydrogen-bond acceptors (Lipinski definition) is 4. The fourth-order valence-electron chi connectivity index (χ4n) is 1.74. The molecule has 0 saturated carbocycles. The summed E-state index contributed by atoms with van der Waals surface area (Å²) in [6, 6.07) is 0.553. The van der Waals surface area contributed by atoms with E-state index in [2.05, 4.69) is 23.9 Å². The van der Waals surface area contributed by atoms with E-state index in [0.29, 0.717) is 12.6 Å². The Morgan fingerprint density at radius 2 is 2.17 bits per heavy atom. The number of rotatable bonds is 8. The molecule has 0 amide bonds. The van der Waals surface area contributed by atoms with Crippen LogP contribution < -0.4 is 10.0 Å². The van der Waals surface area contributed by atoms with Crippen LogP contribution in [0.2, 0.25) is 0 Å². The summed E-state index contributed by atoms with van der Waals surface area (Å²) in [7, 11) is -1.66. The largest absolute Gasteiger partial charge is 0.314 e. The Hall–Kier alpha value is 0.180. The highest BCUT2D eigenvalue weighted by Crippen LogP contribution is 2.18. The number of nitrogens with one attached hydrogen (secondary N) is 2. The molecule has 1 aliphatic heterocycles. The van der Waals surface area contributed by atoms with Crippen LogP contribution in [0.3, 0.4) is 0 Å². The van der Waals surface area contributed by atoms with Crippen LogP contribution in [0.1, 0.15) is 26.7 Å². The lowest BCUT2D eigenvalue weighted by Gasteiger charge is -2.20. The molecule has 1 rings (SSSR count). The average molecular weight is 295 g/mol. The van der Waals surface area contributed by atoms with Crippen molar-refractivity contribution in [2.45, 2.75) is 38.8 Å². The van der Waals surface area contributed by atoms with E-state index < -0.39 is 10.2 Å². The highest BCUT2D eigenvalue weighted by molar-refractivity contribution is 7.99. The molecule has 0 aliphatic carbocycles. The van der Waals surface area contributed by atoms with Crippen molar-refractivity contribution in [1.29, 1.82) is 0 Å². The minimum atomic E-state index is -3.30. The Bertz CT molecular complexity index is 327. The van der Waals surface area contributed by atoms with Crippen molar-refractivity contribution in [2.24, 2.45) is 0 Å². The van der Waals surface area contributed by atoms with Crippen molar-refractivity contribution in [2.75, 3.05) is 31.6 Å². The Kier molecular flexibility index (Phi) is 6.94. The van der Waals surface area contributed by atoms with Gasteiger partial charge in [0.05, 0.1) is 0 Å². The van der Waals surface area contributed by atoms with E-state index in [1.165, 1.54) is 4.31 Å². The second-order valence-corrected chi connectivity index (χ2v) is 7.93. The minimum Gasteiger partial charge on any atom is -0.314 e. The van der Waals surface area contributed by atoms with Crippen LogP contribution in [0.4, 0.5) is 0 Å². The summed E-state index contributed by atoms with van der Waals surface area (Å²) in [5, 5.41) is 3.28. The molecule has 1 atom stereocenters. The predicted octanol–water partition coefficient (Wildman–Crippen LogP) is 0.646. The molecule has 7 heteroatoms. The van der Waals surface area contributed by atoms with Gasteiger partial charge in [-0.1, -0.05) is 13.8 Å². The van der Waals surface area contributed by atoms with Gasteiger partial charge in [0.15, 0.2) is 0 Å². The van der Waals surface area contributed by atoms with Gasteiger partial charge >= 0.3 is 0 Å². The standard InChI is InChI=1S/C11H25N3O2S2/c1-10(2)12-6-4-7-14(3)18(15,16)13-11-5-8-17-9-11/h10-13H,4-9H2,1-3H3. The van der Waals surface area contributed by atoms with E-state index in [4.69, 9.17) is 0 Å². The van der Waals surface area contributed by atoms with Crippen LogP contribution in [-0.2, 0) is 10.2 Å². The fraction of sp³-hybridized carbons (Fsp3) is 1.00.